The Bertz CT molecular complexity index is 141. The molecule has 0 spiro atoms. The molecule has 0 bridgehead atoms. The van der Waals surface area contributed by atoms with Crippen molar-refractivity contribution in [2.24, 2.45) is 0 Å². The Morgan fingerprint density at radius 2 is 2.15 bits per heavy atom. The second kappa shape index (κ2) is 5.58. The first-order chi connectivity index (χ1) is 6.27. The van der Waals surface area contributed by atoms with Crippen LogP contribution in [0.2, 0.25) is 0 Å². The van der Waals surface area contributed by atoms with Crippen LogP contribution in [0.1, 0.15) is 32.6 Å². The topological polar surface area (TPSA) is 41.5 Å². The van der Waals surface area contributed by atoms with Crippen LogP contribution in [0.25, 0.3) is 0 Å². The van der Waals surface area contributed by atoms with E-state index in [1.165, 1.54) is 19.3 Å². The first kappa shape index (κ1) is 11.0. The van der Waals surface area contributed by atoms with Crippen molar-refractivity contribution < 1.29 is 9.84 Å². The van der Waals surface area contributed by atoms with Gasteiger partial charge in [0, 0.05) is 19.2 Å². The van der Waals surface area contributed by atoms with E-state index in [1.54, 1.807) is 7.11 Å². The molecule has 0 saturated heterocycles. The summed E-state index contributed by atoms with van der Waals surface area (Å²) in [6.45, 7) is 2.20. The number of aliphatic hydroxyl groups is 1. The number of hydrogen-bond acceptors (Lipinski definition) is 3. The SMILES string of the molecule is COC1CCCCC1NC(C)CO. The van der Waals surface area contributed by atoms with E-state index >= 15 is 0 Å². The van der Waals surface area contributed by atoms with Crippen molar-refractivity contribution in [3.63, 3.8) is 0 Å². The van der Waals surface area contributed by atoms with Crippen molar-refractivity contribution in [2.75, 3.05) is 13.7 Å². The average Bonchev–Trinajstić information content (AvgIpc) is 2.18. The van der Waals surface area contributed by atoms with Crippen molar-refractivity contribution in [2.45, 2.75) is 50.8 Å². The van der Waals surface area contributed by atoms with Gasteiger partial charge in [-0.3, -0.25) is 0 Å². The van der Waals surface area contributed by atoms with Crippen LogP contribution < -0.4 is 5.32 Å². The first-order valence-corrected chi connectivity index (χ1v) is 5.17. The highest BCUT2D eigenvalue weighted by atomic mass is 16.5. The molecular weight excluding hydrogens is 166 g/mol. The molecule has 78 valence electrons. The lowest BCUT2D eigenvalue weighted by atomic mass is 9.92. The van der Waals surface area contributed by atoms with Crippen LogP contribution in [0, 0.1) is 0 Å². The second-order valence-corrected chi connectivity index (χ2v) is 3.92. The lowest BCUT2D eigenvalue weighted by molar-refractivity contribution is 0.0355. The lowest BCUT2D eigenvalue weighted by Gasteiger charge is -2.32. The molecule has 0 aliphatic heterocycles. The lowest BCUT2D eigenvalue weighted by Crippen LogP contribution is -2.47. The zero-order valence-electron chi connectivity index (χ0n) is 8.62. The van der Waals surface area contributed by atoms with Crippen molar-refractivity contribution in [3.05, 3.63) is 0 Å². The van der Waals surface area contributed by atoms with Gasteiger partial charge in [-0.05, 0) is 19.8 Å². The fraction of sp³-hybridized carbons (Fsp3) is 1.00. The van der Waals surface area contributed by atoms with Gasteiger partial charge in [-0.25, -0.2) is 0 Å². The molecule has 1 saturated carbocycles. The molecular formula is C10H21NO2. The van der Waals surface area contributed by atoms with Gasteiger partial charge in [0.15, 0.2) is 0 Å². The van der Waals surface area contributed by atoms with Crippen LogP contribution in [0.15, 0.2) is 0 Å². The molecule has 0 heterocycles. The number of methoxy groups -OCH3 is 1. The summed E-state index contributed by atoms with van der Waals surface area (Å²) < 4.78 is 5.40. The summed E-state index contributed by atoms with van der Waals surface area (Å²) in [4.78, 5) is 0. The molecule has 1 aliphatic carbocycles. The van der Waals surface area contributed by atoms with Gasteiger partial charge < -0.3 is 15.2 Å². The molecule has 0 amide bonds. The largest absolute Gasteiger partial charge is 0.395 e. The van der Waals surface area contributed by atoms with Gasteiger partial charge in [0.25, 0.3) is 0 Å². The van der Waals surface area contributed by atoms with Gasteiger partial charge in [-0.2, -0.15) is 0 Å². The van der Waals surface area contributed by atoms with Crippen LogP contribution in [-0.4, -0.2) is 37.0 Å². The number of nitrogens with one attached hydrogen (secondary N) is 1. The van der Waals surface area contributed by atoms with Crippen LogP contribution in [-0.2, 0) is 4.74 Å². The van der Waals surface area contributed by atoms with E-state index in [4.69, 9.17) is 9.84 Å². The van der Waals surface area contributed by atoms with Crippen LogP contribution in [0.4, 0.5) is 0 Å². The summed E-state index contributed by atoms with van der Waals surface area (Å²) >= 11 is 0. The summed E-state index contributed by atoms with van der Waals surface area (Å²) in [5.74, 6) is 0. The monoisotopic (exact) mass is 187 g/mol. The van der Waals surface area contributed by atoms with E-state index < -0.39 is 0 Å². The molecule has 0 aromatic rings. The zero-order chi connectivity index (χ0) is 9.68. The zero-order valence-corrected chi connectivity index (χ0v) is 8.62. The summed E-state index contributed by atoms with van der Waals surface area (Å²) in [5.41, 5.74) is 0. The molecule has 0 aromatic heterocycles. The minimum absolute atomic E-state index is 0.181. The Hall–Kier alpha value is -0.120. The Balaban J connectivity index is 2.35. The molecule has 1 fully saturated rings. The minimum atomic E-state index is 0.181. The molecule has 13 heavy (non-hydrogen) atoms. The summed E-state index contributed by atoms with van der Waals surface area (Å²) in [6, 6.07) is 0.613. The molecule has 0 aromatic carbocycles. The highest BCUT2D eigenvalue weighted by molar-refractivity contribution is 4.83. The van der Waals surface area contributed by atoms with E-state index in [2.05, 4.69) is 5.32 Å². The Kier molecular flexibility index (Phi) is 4.70. The van der Waals surface area contributed by atoms with Crippen molar-refractivity contribution in [3.8, 4) is 0 Å². The molecule has 3 heteroatoms. The third-order valence-electron chi connectivity index (χ3n) is 2.78. The molecule has 2 N–H and O–H groups in total. The van der Waals surface area contributed by atoms with Gasteiger partial charge >= 0.3 is 0 Å². The van der Waals surface area contributed by atoms with Crippen molar-refractivity contribution in [1.82, 2.24) is 5.32 Å². The molecule has 0 radical (unpaired) electrons. The van der Waals surface area contributed by atoms with Crippen LogP contribution in [0.5, 0.6) is 0 Å². The maximum absolute atomic E-state index is 8.92. The van der Waals surface area contributed by atoms with Crippen LogP contribution in [0.3, 0.4) is 0 Å². The number of aliphatic hydroxyl groups excluding tert-OH is 1. The Morgan fingerprint density at radius 1 is 1.46 bits per heavy atom. The van der Waals surface area contributed by atoms with E-state index in [9.17, 15) is 0 Å². The van der Waals surface area contributed by atoms with E-state index in [-0.39, 0.29) is 12.6 Å². The van der Waals surface area contributed by atoms with Crippen molar-refractivity contribution >= 4 is 0 Å². The van der Waals surface area contributed by atoms with E-state index in [1.807, 2.05) is 6.92 Å². The molecule has 1 rings (SSSR count). The van der Waals surface area contributed by atoms with Gasteiger partial charge in [0.1, 0.15) is 0 Å². The van der Waals surface area contributed by atoms with Crippen molar-refractivity contribution in [1.29, 1.82) is 0 Å². The Labute approximate surface area is 80.5 Å². The predicted octanol–water partition coefficient (Wildman–Crippen LogP) is 0.914. The molecule has 3 unspecified atom stereocenters. The maximum atomic E-state index is 8.92. The molecule has 3 nitrogen and oxygen atoms in total. The summed E-state index contributed by atoms with van der Waals surface area (Å²) in [6.07, 6.45) is 5.19. The quantitative estimate of drug-likeness (QED) is 0.687. The van der Waals surface area contributed by atoms with Crippen LogP contribution >= 0.6 is 0 Å². The Morgan fingerprint density at radius 3 is 2.77 bits per heavy atom. The third-order valence-corrected chi connectivity index (χ3v) is 2.78. The molecule has 1 aliphatic rings. The standard InChI is InChI=1S/C10H21NO2/c1-8(7-12)11-9-5-3-4-6-10(9)13-2/h8-12H,3-7H2,1-2H3. The first-order valence-electron chi connectivity index (χ1n) is 5.17. The van der Waals surface area contributed by atoms with E-state index in [0.717, 1.165) is 6.42 Å². The fourth-order valence-electron chi connectivity index (χ4n) is 1.99. The van der Waals surface area contributed by atoms with Gasteiger partial charge in [0.2, 0.25) is 0 Å². The molecule has 3 atom stereocenters. The van der Waals surface area contributed by atoms with Gasteiger partial charge in [-0.15, -0.1) is 0 Å². The highest BCUT2D eigenvalue weighted by Crippen LogP contribution is 2.20. The smallest absolute Gasteiger partial charge is 0.0724 e. The normalized spacial score (nSPS) is 31.6. The number of hydrogen-bond donors (Lipinski definition) is 2. The third kappa shape index (κ3) is 3.25. The number of rotatable bonds is 4. The van der Waals surface area contributed by atoms with Gasteiger partial charge in [0.05, 0.1) is 12.7 Å². The highest BCUT2D eigenvalue weighted by Gasteiger charge is 2.25. The summed E-state index contributed by atoms with van der Waals surface area (Å²) in [7, 11) is 1.77. The number of ether oxygens (including phenoxy) is 1. The summed E-state index contributed by atoms with van der Waals surface area (Å²) in [5, 5.41) is 12.3. The average molecular weight is 187 g/mol. The minimum Gasteiger partial charge on any atom is -0.395 e. The van der Waals surface area contributed by atoms with E-state index in [0.29, 0.717) is 12.1 Å². The maximum Gasteiger partial charge on any atom is 0.0724 e. The predicted molar refractivity (Wildman–Crippen MR) is 52.7 cm³/mol. The van der Waals surface area contributed by atoms with Gasteiger partial charge in [-0.1, -0.05) is 12.8 Å². The second-order valence-electron chi connectivity index (χ2n) is 3.92. The fourth-order valence-corrected chi connectivity index (χ4v) is 1.99.